The monoisotopic (exact) mass is 112 g/mol. The highest BCUT2D eigenvalue weighted by Gasteiger charge is 1.78. The van der Waals surface area contributed by atoms with Gasteiger partial charge in [0, 0.05) is 0 Å². The molecule has 0 N–H and O–H groups in total. The Morgan fingerprint density at radius 1 is 1.50 bits per heavy atom. The van der Waals surface area contributed by atoms with Gasteiger partial charge in [-0.3, -0.25) is 0 Å². The summed E-state index contributed by atoms with van der Waals surface area (Å²) in [5.41, 5.74) is 2.39. The largest absolute Gasteiger partial charge is 0.0895 e. The van der Waals surface area contributed by atoms with E-state index in [1.54, 1.807) is 0 Å². The van der Waals surface area contributed by atoms with Crippen molar-refractivity contribution in [2.75, 3.05) is 0 Å². The minimum absolute atomic E-state index is 0.808. The van der Waals surface area contributed by atoms with E-state index in [0.29, 0.717) is 0 Å². The Labute approximate surface area is 42.2 Å². The summed E-state index contributed by atoms with van der Waals surface area (Å²) < 4.78 is 0. The second-order valence-corrected chi connectivity index (χ2v) is 5.82. The van der Waals surface area contributed by atoms with Gasteiger partial charge in [0.25, 0.3) is 0 Å². The van der Waals surface area contributed by atoms with Crippen LogP contribution in [0.5, 0.6) is 0 Å². The molecule has 32 valence electrons. The SMILES string of the molecule is C1=C[SiH]=[SiH]CC1. The molecule has 0 fully saturated rings. The highest BCUT2D eigenvalue weighted by Crippen LogP contribution is 1.89. The van der Waals surface area contributed by atoms with E-state index in [1.807, 2.05) is 0 Å². The first kappa shape index (κ1) is 4.34. The first-order chi connectivity index (χ1) is 3.00. The van der Waals surface area contributed by atoms with Crippen LogP contribution in [0, 0.1) is 0 Å². The van der Waals surface area contributed by atoms with Gasteiger partial charge in [0.1, 0.15) is 0 Å². The van der Waals surface area contributed by atoms with Crippen molar-refractivity contribution in [3.8, 4) is 0 Å². The highest BCUT2D eigenvalue weighted by molar-refractivity contribution is 6.76. The smallest absolute Gasteiger partial charge is 0.00539 e. The van der Waals surface area contributed by atoms with Crippen molar-refractivity contribution in [3.05, 3.63) is 11.8 Å². The molecule has 0 aromatic rings. The lowest BCUT2D eigenvalue weighted by molar-refractivity contribution is 1.21. The van der Waals surface area contributed by atoms with E-state index in [9.17, 15) is 0 Å². The predicted molar refractivity (Wildman–Crippen MR) is 32.9 cm³/mol. The molecule has 0 bridgehead atoms. The van der Waals surface area contributed by atoms with Gasteiger partial charge in [-0.25, -0.2) is 0 Å². The van der Waals surface area contributed by atoms with E-state index >= 15 is 0 Å². The summed E-state index contributed by atoms with van der Waals surface area (Å²) in [7, 11) is 1.71. The maximum atomic E-state index is 2.39. The lowest BCUT2D eigenvalue weighted by Gasteiger charge is -1.87. The van der Waals surface area contributed by atoms with Gasteiger partial charge in [-0.15, -0.1) is 0 Å². The van der Waals surface area contributed by atoms with E-state index < -0.39 is 0 Å². The van der Waals surface area contributed by atoms with Gasteiger partial charge in [0.05, 0.1) is 0 Å². The molecule has 0 unspecified atom stereocenters. The topological polar surface area (TPSA) is 0 Å². The van der Waals surface area contributed by atoms with Gasteiger partial charge < -0.3 is 0 Å². The average molecular weight is 112 g/mol. The molecule has 0 aromatic heterocycles. The van der Waals surface area contributed by atoms with E-state index in [0.717, 1.165) is 17.2 Å². The van der Waals surface area contributed by atoms with Crippen molar-refractivity contribution in [2.24, 2.45) is 0 Å². The molecule has 0 aromatic carbocycles. The maximum Gasteiger partial charge on any atom is -0.00539 e. The quantitative estimate of drug-likeness (QED) is 0.390. The zero-order chi connectivity index (χ0) is 4.24. The van der Waals surface area contributed by atoms with Gasteiger partial charge in [0.2, 0.25) is 0 Å². The van der Waals surface area contributed by atoms with Crippen molar-refractivity contribution in [3.63, 3.8) is 0 Å². The standard InChI is InChI=1S/C4H8Si2/c1-2-4-6-5-3-1/h1,3,5-6H,2,4H2. The number of hydrogen-bond acceptors (Lipinski definition) is 0. The van der Waals surface area contributed by atoms with E-state index in [1.165, 1.54) is 12.5 Å². The fourth-order valence-electron chi connectivity index (χ4n) is 0.542. The van der Waals surface area contributed by atoms with Crippen LogP contribution in [0.3, 0.4) is 0 Å². The molecule has 0 radical (unpaired) electrons. The summed E-state index contributed by atoms with van der Waals surface area (Å²) in [4.78, 5) is 0. The molecule has 6 heavy (non-hydrogen) atoms. The second-order valence-electron chi connectivity index (χ2n) is 1.43. The van der Waals surface area contributed by atoms with Crippen LogP contribution in [0.1, 0.15) is 6.42 Å². The molecule has 0 saturated heterocycles. The molecular formula is C4H8Si2. The van der Waals surface area contributed by atoms with E-state index in [-0.39, 0.29) is 0 Å². The summed E-state index contributed by atoms with van der Waals surface area (Å²) in [5.74, 6) is 0. The molecule has 0 nitrogen and oxygen atoms in total. The zero-order valence-corrected chi connectivity index (χ0v) is 6.03. The normalized spacial score (nSPS) is 18.7. The Kier molecular flexibility index (Phi) is 1.71. The molecule has 1 rings (SSSR count). The molecule has 1 aliphatic heterocycles. The van der Waals surface area contributed by atoms with Crippen LogP contribution in [0.25, 0.3) is 0 Å². The van der Waals surface area contributed by atoms with Crippen molar-refractivity contribution >= 4 is 17.2 Å². The number of allylic oxidation sites excluding steroid dienone is 1. The summed E-state index contributed by atoms with van der Waals surface area (Å²) in [5, 5.41) is 0. The first-order valence-corrected chi connectivity index (χ1v) is 6.47. The number of hydrogen-bond donors (Lipinski definition) is 0. The number of rotatable bonds is 0. The highest BCUT2D eigenvalue weighted by atomic mass is 28.9. The lowest BCUT2D eigenvalue weighted by Crippen LogP contribution is -1.86. The van der Waals surface area contributed by atoms with Gasteiger partial charge in [-0.1, -0.05) is 11.8 Å². The van der Waals surface area contributed by atoms with Crippen LogP contribution in [-0.4, -0.2) is 17.2 Å². The fourth-order valence-corrected chi connectivity index (χ4v) is 3.72. The molecule has 0 saturated carbocycles. The molecule has 0 spiro atoms. The van der Waals surface area contributed by atoms with Crippen LogP contribution in [0.15, 0.2) is 11.8 Å². The minimum Gasteiger partial charge on any atom is -0.0895 e. The molecule has 0 atom stereocenters. The van der Waals surface area contributed by atoms with Crippen molar-refractivity contribution in [1.82, 2.24) is 0 Å². The Balaban J connectivity index is 2.46. The van der Waals surface area contributed by atoms with Gasteiger partial charge in [-0.2, -0.15) is 0 Å². The molecular weight excluding hydrogens is 104 g/mol. The molecule has 0 aliphatic carbocycles. The Hall–Kier alpha value is 0.174. The maximum absolute atomic E-state index is 2.39. The summed E-state index contributed by atoms with van der Waals surface area (Å²) >= 11 is 0. The Morgan fingerprint density at radius 3 is 2.67 bits per heavy atom. The van der Waals surface area contributed by atoms with Crippen LogP contribution in [0.2, 0.25) is 6.04 Å². The molecule has 2 heteroatoms. The van der Waals surface area contributed by atoms with E-state index in [2.05, 4.69) is 11.8 Å². The van der Waals surface area contributed by atoms with E-state index in [4.69, 9.17) is 0 Å². The van der Waals surface area contributed by atoms with Crippen molar-refractivity contribution in [1.29, 1.82) is 0 Å². The minimum atomic E-state index is 0.808. The third kappa shape index (κ3) is 1.10. The average Bonchev–Trinajstić information content (AvgIpc) is 1.72. The summed E-state index contributed by atoms with van der Waals surface area (Å²) in [6.45, 7) is 0. The predicted octanol–water partition coefficient (Wildman–Crippen LogP) is 0.110. The zero-order valence-electron chi connectivity index (χ0n) is 3.72. The van der Waals surface area contributed by atoms with Gasteiger partial charge in [-0.05, 0) is 29.7 Å². The van der Waals surface area contributed by atoms with Crippen molar-refractivity contribution < 1.29 is 0 Å². The third-order valence-electron chi connectivity index (χ3n) is 0.883. The van der Waals surface area contributed by atoms with Crippen LogP contribution in [-0.2, 0) is 0 Å². The Morgan fingerprint density at radius 2 is 2.50 bits per heavy atom. The van der Waals surface area contributed by atoms with Crippen molar-refractivity contribution in [2.45, 2.75) is 12.5 Å². The summed E-state index contributed by atoms with van der Waals surface area (Å²) in [6, 6.07) is 1.53. The Bertz CT molecular complexity index is 71.5. The summed E-state index contributed by atoms with van der Waals surface area (Å²) in [6.07, 6.45) is 3.70. The lowest BCUT2D eigenvalue weighted by atomic mass is 10.5. The third-order valence-corrected chi connectivity index (χ3v) is 4.80. The van der Waals surface area contributed by atoms with Gasteiger partial charge in [0.15, 0.2) is 0 Å². The molecule has 0 amide bonds. The van der Waals surface area contributed by atoms with Crippen LogP contribution in [0.4, 0.5) is 0 Å². The molecule has 1 aliphatic rings. The molecule has 1 heterocycles. The van der Waals surface area contributed by atoms with Crippen LogP contribution >= 0.6 is 0 Å². The first-order valence-electron chi connectivity index (χ1n) is 2.32. The van der Waals surface area contributed by atoms with Crippen LogP contribution < -0.4 is 0 Å². The van der Waals surface area contributed by atoms with Gasteiger partial charge >= 0.3 is 0 Å². The second kappa shape index (κ2) is 2.36. The fraction of sp³-hybridized carbons (Fsp3) is 0.500.